The molecule has 1 heterocycles. The molecular weight excluding hydrogens is 306 g/mol. The van der Waals surface area contributed by atoms with Crippen molar-refractivity contribution in [3.05, 3.63) is 46.4 Å². The first kappa shape index (κ1) is 16.1. The van der Waals surface area contributed by atoms with Gasteiger partial charge in [0, 0.05) is 17.6 Å². The van der Waals surface area contributed by atoms with Crippen LogP contribution in [0.25, 0.3) is 0 Å². The lowest BCUT2D eigenvalue weighted by atomic mass is 10.1. The molecule has 0 aliphatic rings. The fraction of sp³-hybridized carbons (Fsp3) is 0.357. The van der Waals surface area contributed by atoms with Crippen LogP contribution in [-0.2, 0) is 10.0 Å². The van der Waals surface area contributed by atoms with E-state index in [-0.39, 0.29) is 17.0 Å². The van der Waals surface area contributed by atoms with Gasteiger partial charge in [0.05, 0.1) is 10.9 Å². The second-order valence-corrected chi connectivity index (χ2v) is 7.43. The Bertz CT molecular complexity index is 667. The Kier molecular flexibility index (Phi) is 5.10. The normalized spacial score (nSPS) is 14.8. The molecule has 2 N–H and O–H groups in total. The lowest BCUT2D eigenvalue weighted by Gasteiger charge is -2.14. The summed E-state index contributed by atoms with van der Waals surface area (Å²) in [4.78, 5) is 4.39. The lowest BCUT2D eigenvalue weighted by Crippen LogP contribution is -2.26. The quantitative estimate of drug-likeness (QED) is 0.856. The molecule has 0 aliphatic carbocycles. The maximum atomic E-state index is 12.3. The van der Waals surface area contributed by atoms with Gasteiger partial charge in [0.15, 0.2) is 0 Å². The van der Waals surface area contributed by atoms with Crippen LogP contribution < -0.4 is 10.0 Å². The van der Waals surface area contributed by atoms with E-state index in [9.17, 15) is 8.42 Å². The largest absolute Gasteiger partial charge is 0.313 e. The van der Waals surface area contributed by atoms with Crippen LogP contribution in [0.5, 0.6) is 0 Å². The molecule has 1 aromatic heterocycles. The standard InChI is InChI=1S/C14H19N3O2S2/c1-10(15-3)12-4-6-13(7-5-12)21(18,19)17-11(2)14-16-8-9-20-14/h4-11,15,17H,1-3H3. The zero-order chi connectivity index (χ0) is 15.5. The predicted octanol–water partition coefficient (Wildman–Crippen LogP) is 2.46. The minimum atomic E-state index is -3.54. The Hall–Kier alpha value is -1.28. The van der Waals surface area contributed by atoms with Gasteiger partial charge < -0.3 is 5.32 Å². The second kappa shape index (κ2) is 6.65. The minimum Gasteiger partial charge on any atom is -0.313 e. The Morgan fingerprint density at radius 3 is 2.33 bits per heavy atom. The van der Waals surface area contributed by atoms with Gasteiger partial charge in [-0.05, 0) is 38.6 Å². The van der Waals surface area contributed by atoms with Crippen molar-refractivity contribution in [2.24, 2.45) is 0 Å². The summed E-state index contributed by atoms with van der Waals surface area (Å²) in [5.41, 5.74) is 1.05. The number of hydrogen-bond acceptors (Lipinski definition) is 5. The molecule has 1 aromatic carbocycles. The maximum absolute atomic E-state index is 12.3. The number of sulfonamides is 1. The molecule has 2 rings (SSSR count). The molecule has 0 saturated heterocycles. The number of aromatic nitrogens is 1. The van der Waals surface area contributed by atoms with Gasteiger partial charge in [-0.2, -0.15) is 0 Å². The maximum Gasteiger partial charge on any atom is 0.241 e. The fourth-order valence-corrected chi connectivity index (χ4v) is 3.83. The molecule has 2 unspecified atom stereocenters. The first-order valence-electron chi connectivity index (χ1n) is 6.63. The molecule has 5 nitrogen and oxygen atoms in total. The zero-order valence-electron chi connectivity index (χ0n) is 12.2. The highest BCUT2D eigenvalue weighted by Crippen LogP contribution is 2.20. The van der Waals surface area contributed by atoms with Crippen LogP contribution in [0, 0.1) is 0 Å². The third kappa shape index (κ3) is 3.88. The molecular formula is C14H19N3O2S2. The van der Waals surface area contributed by atoms with E-state index in [0.29, 0.717) is 0 Å². The van der Waals surface area contributed by atoms with Gasteiger partial charge in [0.25, 0.3) is 0 Å². The fourth-order valence-electron chi connectivity index (χ4n) is 1.90. The van der Waals surface area contributed by atoms with E-state index in [1.165, 1.54) is 11.3 Å². The van der Waals surface area contributed by atoms with Crippen LogP contribution in [-0.4, -0.2) is 20.4 Å². The number of thiazole rings is 1. The van der Waals surface area contributed by atoms with Crippen molar-refractivity contribution in [1.29, 1.82) is 0 Å². The van der Waals surface area contributed by atoms with Gasteiger partial charge in [0.2, 0.25) is 10.0 Å². The van der Waals surface area contributed by atoms with Crippen LogP contribution in [0.1, 0.15) is 36.5 Å². The summed E-state index contributed by atoms with van der Waals surface area (Å²) < 4.78 is 27.3. The molecule has 2 aromatic rings. The SMILES string of the molecule is CNC(C)c1ccc(S(=O)(=O)NC(C)c2nccs2)cc1. The minimum absolute atomic E-state index is 0.184. The van der Waals surface area contributed by atoms with Crippen molar-refractivity contribution in [3.8, 4) is 0 Å². The smallest absolute Gasteiger partial charge is 0.241 e. The molecule has 0 aliphatic heterocycles. The van der Waals surface area contributed by atoms with Gasteiger partial charge in [-0.1, -0.05) is 12.1 Å². The summed E-state index contributed by atoms with van der Waals surface area (Å²) in [6.45, 7) is 3.81. The summed E-state index contributed by atoms with van der Waals surface area (Å²) >= 11 is 1.43. The van der Waals surface area contributed by atoms with Crippen molar-refractivity contribution in [1.82, 2.24) is 15.0 Å². The van der Waals surface area contributed by atoms with E-state index in [4.69, 9.17) is 0 Å². The number of hydrogen-bond donors (Lipinski definition) is 2. The van der Waals surface area contributed by atoms with Gasteiger partial charge in [-0.3, -0.25) is 0 Å². The molecule has 0 bridgehead atoms. The third-order valence-corrected chi connectivity index (χ3v) is 5.79. The van der Waals surface area contributed by atoms with Crippen molar-refractivity contribution >= 4 is 21.4 Å². The van der Waals surface area contributed by atoms with Crippen molar-refractivity contribution in [3.63, 3.8) is 0 Å². The van der Waals surface area contributed by atoms with Crippen molar-refractivity contribution < 1.29 is 8.42 Å². The van der Waals surface area contributed by atoms with Crippen molar-refractivity contribution in [2.75, 3.05) is 7.05 Å². The molecule has 7 heteroatoms. The van der Waals surface area contributed by atoms with Crippen molar-refractivity contribution in [2.45, 2.75) is 30.8 Å². The Morgan fingerprint density at radius 2 is 1.81 bits per heavy atom. The van der Waals surface area contributed by atoms with E-state index in [1.807, 2.05) is 31.5 Å². The van der Waals surface area contributed by atoms with E-state index < -0.39 is 10.0 Å². The zero-order valence-corrected chi connectivity index (χ0v) is 13.8. The Morgan fingerprint density at radius 1 is 1.14 bits per heavy atom. The molecule has 0 radical (unpaired) electrons. The number of nitrogens with one attached hydrogen (secondary N) is 2. The van der Waals surface area contributed by atoms with Gasteiger partial charge >= 0.3 is 0 Å². The summed E-state index contributed by atoms with van der Waals surface area (Å²) in [6, 6.07) is 6.74. The van der Waals surface area contributed by atoms with Crippen LogP contribution in [0.2, 0.25) is 0 Å². The predicted molar refractivity (Wildman–Crippen MR) is 84.8 cm³/mol. The molecule has 0 amide bonds. The van der Waals surface area contributed by atoms with E-state index >= 15 is 0 Å². The van der Waals surface area contributed by atoms with Gasteiger partial charge in [-0.15, -0.1) is 11.3 Å². The Balaban J connectivity index is 2.16. The first-order valence-corrected chi connectivity index (χ1v) is 8.99. The van der Waals surface area contributed by atoms with E-state index in [2.05, 4.69) is 15.0 Å². The number of nitrogens with zero attached hydrogens (tertiary/aromatic N) is 1. The summed E-state index contributed by atoms with van der Waals surface area (Å²) in [6.07, 6.45) is 1.67. The molecule has 21 heavy (non-hydrogen) atoms. The van der Waals surface area contributed by atoms with Crippen LogP contribution in [0.15, 0.2) is 40.7 Å². The average molecular weight is 325 g/mol. The molecule has 0 fully saturated rings. The molecule has 114 valence electrons. The first-order chi connectivity index (χ1) is 9.94. The van der Waals surface area contributed by atoms with Crippen LogP contribution in [0.3, 0.4) is 0 Å². The highest BCUT2D eigenvalue weighted by molar-refractivity contribution is 7.89. The lowest BCUT2D eigenvalue weighted by molar-refractivity contribution is 0.566. The van der Waals surface area contributed by atoms with Crippen LogP contribution in [0.4, 0.5) is 0 Å². The molecule has 0 saturated carbocycles. The number of rotatable bonds is 6. The average Bonchev–Trinajstić information content (AvgIpc) is 3.00. The molecule has 0 spiro atoms. The summed E-state index contributed by atoms with van der Waals surface area (Å²) in [7, 11) is -1.67. The highest BCUT2D eigenvalue weighted by atomic mass is 32.2. The van der Waals surface area contributed by atoms with Gasteiger partial charge in [-0.25, -0.2) is 18.1 Å². The molecule has 2 atom stereocenters. The second-order valence-electron chi connectivity index (χ2n) is 4.79. The third-order valence-electron chi connectivity index (χ3n) is 3.28. The summed E-state index contributed by atoms with van der Waals surface area (Å²) in [5, 5.41) is 5.69. The van der Waals surface area contributed by atoms with E-state index in [1.54, 1.807) is 25.3 Å². The highest BCUT2D eigenvalue weighted by Gasteiger charge is 2.19. The number of benzene rings is 1. The monoisotopic (exact) mass is 325 g/mol. The van der Waals surface area contributed by atoms with E-state index in [0.717, 1.165) is 10.6 Å². The van der Waals surface area contributed by atoms with Gasteiger partial charge in [0.1, 0.15) is 5.01 Å². The Labute approximate surface area is 129 Å². The topological polar surface area (TPSA) is 71.1 Å². The van der Waals surface area contributed by atoms with Crippen LogP contribution >= 0.6 is 11.3 Å². The summed E-state index contributed by atoms with van der Waals surface area (Å²) in [5.74, 6) is 0.